The third kappa shape index (κ3) is 5.45. The molecular weight excluding hydrogens is 330 g/mol. The molecule has 0 aromatic heterocycles. The minimum absolute atomic E-state index is 0.0118. The van der Waals surface area contributed by atoms with E-state index in [4.69, 9.17) is 0 Å². The van der Waals surface area contributed by atoms with Crippen LogP contribution in [0.15, 0.2) is 0 Å². The Bertz CT molecular complexity index is 527. The molecule has 0 radical (unpaired) electrons. The standard InChI is InChI=1S/C20H35N3O3/c1-5-6-11-22-12-13-23(14-17(22)24)19(26)16-10-8-7-9-15(16)18(25)21-20(2,3)4/h15-16H,5-14H2,1-4H3,(H,21,25)/t15-,16+/m1/s1. The summed E-state index contributed by atoms with van der Waals surface area (Å²) in [6, 6.07) is 0. The van der Waals surface area contributed by atoms with Crippen molar-refractivity contribution in [1.29, 1.82) is 0 Å². The van der Waals surface area contributed by atoms with Gasteiger partial charge in [-0.05, 0) is 40.0 Å². The smallest absolute Gasteiger partial charge is 0.242 e. The molecule has 2 atom stereocenters. The number of nitrogens with zero attached hydrogens (tertiary/aromatic N) is 2. The zero-order valence-electron chi connectivity index (χ0n) is 16.8. The van der Waals surface area contributed by atoms with Crippen molar-refractivity contribution < 1.29 is 14.4 Å². The van der Waals surface area contributed by atoms with Gasteiger partial charge in [0.1, 0.15) is 0 Å². The van der Waals surface area contributed by atoms with E-state index in [0.29, 0.717) is 13.1 Å². The lowest BCUT2D eigenvalue weighted by atomic mass is 9.77. The van der Waals surface area contributed by atoms with E-state index in [0.717, 1.165) is 45.1 Å². The predicted molar refractivity (Wildman–Crippen MR) is 101 cm³/mol. The number of unbranched alkanes of at least 4 members (excludes halogenated alkanes) is 1. The van der Waals surface area contributed by atoms with Crippen LogP contribution in [0.3, 0.4) is 0 Å². The number of carbonyl (C=O) groups excluding carboxylic acids is 3. The van der Waals surface area contributed by atoms with Crippen LogP contribution in [-0.4, -0.2) is 59.2 Å². The average Bonchev–Trinajstić information content (AvgIpc) is 2.58. The van der Waals surface area contributed by atoms with Gasteiger partial charge in [-0.15, -0.1) is 0 Å². The van der Waals surface area contributed by atoms with Gasteiger partial charge in [-0.1, -0.05) is 26.2 Å². The van der Waals surface area contributed by atoms with Crippen molar-refractivity contribution in [2.24, 2.45) is 11.8 Å². The number of piperazine rings is 1. The van der Waals surface area contributed by atoms with Gasteiger partial charge in [-0.3, -0.25) is 14.4 Å². The average molecular weight is 366 g/mol. The lowest BCUT2D eigenvalue weighted by Gasteiger charge is -2.39. The molecule has 6 nitrogen and oxygen atoms in total. The lowest BCUT2D eigenvalue weighted by molar-refractivity contribution is -0.151. The molecule has 1 aliphatic heterocycles. The molecule has 1 N–H and O–H groups in total. The molecule has 3 amide bonds. The monoisotopic (exact) mass is 365 g/mol. The van der Waals surface area contributed by atoms with Crippen LogP contribution in [0.25, 0.3) is 0 Å². The molecule has 0 aromatic rings. The van der Waals surface area contributed by atoms with Gasteiger partial charge in [0.25, 0.3) is 0 Å². The fraction of sp³-hybridized carbons (Fsp3) is 0.850. The van der Waals surface area contributed by atoms with Crippen LogP contribution >= 0.6 is 0 Å². The topological polar surface area (TPSA) is 69.7 Å². The van der Waals surface area contributed by atoms with Gasteiger partial charge >= 0.3 is 0 Å². The summed E-state index contributed by atoms with van der Waals surface area (Å²) in [6.07, 6.45) is 5.50. The molecule has 6 heteroatoms. The largest absolute Gasteiger partial charge is 0.351 e. The van der Waals surface area contributed by atoms with E-state index in [1.807, 2.05) is 25.7 Å². The van der Waals surface area contributed by atoms with Gasteiger partial charge in [-0.25, -0.2) is 0 Å². The highest BCUT2D eigenvalue weighted by atomic mass is 16.2. The van der Waals surface area contributed by atoms with Crippen LogP contribution in [0.2, 0.25) is 0 Å². The van der Waals surface area contributed by atoms with Crippen LogP contribution < -0.4 is 5.32 Å². The first kappa shape index (κ1) is 20.7. The SMILES string of the molecule is CCCCN1CCN(C(=O)[C@H]2CCCC[C@H]2C(=O)NC(C)(C)C)CC1=O. The lowest BCUT2D eigenvalue weighted by Crippen LogP contribution is -2.55. The Morgan fingerprint density at radius 2 is 1.77 bits per heavy atom. The first-order valence-corrected chi connectivity index (χ1v) is 10.1. The third-order valence-corrected chi connectivity index (χ3v) is 5.33. The van der Waals surface area contributed by atoms with E-state index in [-0.39, 0.29) is 41.6 Å². The number of hydrogen-bond acceptors (Lipinski definition) is 3. The molecule has 0 aromatic carbocycles. The summed E-state index contributed by atoms with van der Waals surface area (Å²) in [5.74, 6) is -0.569. The first-order chi connectivity index (χ1) is 12.2. The Balaban J connectivity index is 2.00. The second-order valence-electron chi connectivity index (χ2n) is 8.73. The number of carbonyl (C=O) groups is 3. The van der Waals surface area contributed by atoms with Crippen LogP contribution in [0.4, 0.5) is 0 Å². The fourth-order valence-electron chi connectivity index (χ4n) is 3.92. The van der Waals surface area contributed by atoms with Crippen LogP contribution in [0.1, 0.15) is 66.2 Å². The maximum absolute atomic E-state index is 13.1. The first-order valence-electron chi connectivity index (χ1n) is 10.1. The molecule has 0 bridgehead atoms. The van der Waals surface area contributed by atoms with Crippen molar-refractivity contribution >= 4 is 17.7 Å². The molecule has 0 spiro atoms. The van der Waals surface area contributed by atoms with E-state index < -0.39 is 0 Å². The quantitative estimate of drug-likeness (QED) is 0.812. The van der Waals surface area contributed by atoms with Gasteiger partial charge in [0.2, 0.25) is 17.7 Å². The Morgan fingerprint density at radius 1 is 1.12 bits per heavy atom. The van der Waals surface area contributed by atoms with Crippen molar-refractivity contribution in [3.05, 3.63) is 0 Å². The third-order valence-electron chi connectivity index (χ3n) is 5.33. The van der Waals surface area contributed by atoms with E-state index in [2.05, 4.69) is 12.2 Å². The Kier molecular flexibility index (Phi) is 7.07. The van der Waals surface area contributed by atoms with Gasteiger partial charge in [0.05, 0.1) is 6.54 Å². The van der Waals surface area contributed by atoms with Crippen molar-refractivity contribution in [3.8, 4) is 0 Å². The van der Waals surface area contributed by atoms with E-state index >= 15 is 0 Å². The van der Waals surface area contributed by atoms with Crippen molar-refractivity contribution in [2.75, 3.05) is 26.2 Å². The molecular formula is C20H35N3O3. The summed E-state index contributed by atoms with van der Waals surface area (Å²) < 4.78 is 0. The summed E-state index contributed by atoms with van der Waals surface area (Å²) in [6.45, 7) is 10.1. The molecule has 2 aliphatic rings. The normalized spacial score (nSPS) is 24.5. The second-order valence-corrected chi connectivity index (χ2v) is 8.73. The number of hydrogen-bond donors (Lipinski definition) is 1. The summed E-state index contributed by atoms with van der Waals surface area (Å²) in [5.41, 5.74) is -0.303. The predicted octanol–water partition coefficient (Wildman–Crippen LogP) is 2.18. The minimum Gasteiger partial charge on any atom is -0.351 e. The van der Waals surface area contributed by atoms with Crippen molar-refractivity contribution in [3.63, 3.8) is 0 Å². The van der Waals surface area contributed by atoms with Crippen LogP contribution in [0, 0.1) is 11.8 Å². The summed E-state index contributed by atoms with van der Waals surface area (Å²) >= 11 is 0. The van der Waals surface area contributed by atoms with Gasteiger partial charge in [0, 0.05) is 37.0 Å². The Labute approximate surface area is 157 Å². The van der Waals surface area contributed by atoms with Gasteiger partial charge in [0.15, 0.2) is 0 Å². The molecule has 2 rings (SSSR count). The molecule has 1 saturated carbocycles. The highest BCUT2D eigenvalue weighted by Crippen LogP contribution is 2.32. The minimum atomic E-state index is -0.303. The number of nitrogens with one attached hydrogen (secondary N) is 1. The molecule has 148 valence electrons. The summed E-state index contributed by atoms with van der Waals surface area (Å²) in [4.78, 5) is 41.7. The van der Waals surface area contributed by atoms with Crippen LogP contribution in [0.5, 0.6) is 0 Å². The van der Waals surface area contributed by atoms with Crippen molar-refractivity contribution in [1.82, 2.24) is 15.1 Å². The molecule has 1 saturated heterocycles. The zero-order valence-corrected chi connectivity index (χ0v) is 16.8. The molecule has 2 fully saturated rings. The molecule has 1 heterocycles. The van der Waals surface area contributed by atoms with Crippen molar-refractivity contribution in [2.45, 2.75) is 71.8 Å². The summed E-state index contributed by atoms with van der Waals surface area (Å²) in [5, 5.41) is 3.03. The maximum Gasteiger partial charge on any atom is 0.242 e. The van der Waals surface area contributed by atoms with Gasteiger partial charge in [-0.2, -0.15) is 0 Å². The maximum atomic E-state index is 13.1. The van der Waals surface area contributed by atoms with E-state index in [1.165, 1.54) is 0 Å². The Hall–Kier alpha value is -1.59. The molecule has 0 unspecified atom stereocenters. The van der Waals surface area contributed by atoms with Gasteiger partial charge < -0.3 is 15.1 Å². The highest BCUT2D eigenvalue weighted by Gasteiger charge is 2.40. The highest BCUT2D eigenvalue weighted by molar-refractivity contribution is 5.91. The fourth-order valence-corrected chi connectivity index (χ4v) is 3.92. The summed E-state index contributed by atoms with van der Waals surface area (Å²) in [7, 11) is 0. The number of rotatable bonds is 5. The Morgan fingerprint density at radius 3 is 2.35 bits per heavy atom. The molecule has 26 heavy (non-hydrogen) atoms. The van der Waals surface area contributed by atoms with Crippen LogP contribution in [-0.2, 0) is 14.4 Å². The zero-order chi connectivity index (χ0) is 19.3. The van der Waals surface area contributed by atoms with E-state index in [9.17, 15) is 14.4 Å². The molecule has 1 aliphatic carbocycles. The second kappa shape index (κ2) is 8.87. The number of amides is 3. The van der Waals surface area contributed by atoms with E-state index in [1.54, 1.807) is 4.90 Å².